The average Bonchev–Trinajstić information content (AvgIpc) is 2.26. The quantitative estimate of drug-likeness (QED) is 0.670. The number of aliphatic carboxylic acids is 2. The van der Waals surface area contributed by atoms with E-state index in [1.165, 1.54) is 0 Å². The lowest BCUT2D eigenvalue weighted by Crippen LogP contribution is -2.41. The van der Waals surface area contributed by atoms with E-state index < -0.39 is 31.1 Å². The van der Waals surface area contributed by atoms with Gasteiger partial charge in [0.25, 0.3) is 0 Å². The van der Waals surface area contributed by atoms with Crippen molar-refractivity contribution < 1.29 is 24.6 Å². The fraction of sp³-hybridized carbons (Fsp3) is 0.182. The van der Waals surface area contributed by atoms with Crippen molar-refractivity contribution in [3.8, 4) is 0 Å². The van der Waals surface area contributed by atoms with Crippen LogP contribution in [-0.2, 0) is 9.59 Å². The van der Waals surface area contributed by atoms with Crippen molar-refractivity contribution in [2.45, 2.75) is 0 Å². The molecule has 3 N–H and O–H groups in total. The Hall–Kier alpha value is -1.84. The molecule has 1 aromatic rings. The van der Waals surface area contributed by atoms with Gasteiger partial charge in [-0.25, -0.2) is 4.79 Å². The highest BCUT2D eigenvalue weighted by atomic mass is 127. The summed E-state index contributed by atoms with van der Waals surface area (Å²) in [4.78, 5) is 33.7. The van der Waals surface area contributed by atoms with Gasteiger partial charge in [-0.3, -0.25) is 9.59 Å². The molecule has 0 aliphatic heterocycles. The zero-order chi connectivity index (χ0) is 14.4. The molecule has 0 atom stereocenters. The summed E-state index contributed by atoms with van der Waals surface area (Å²) in [5, 5.41) is 19.7. The van der Waals surface area contributed by atoms with E-state index in [0.29, 0.717) is 10.6 Å². The summed E-state index contributed by atoms with van der Waals surface area (Å²) in [6.07, 6.45) is 0. The molecule has 0 aromatic heterocycles. The number of nitrogens with zero attached hydrogens (tertiary/aromatic N) is 1. The standard InChI is InChI=1S/C11H11IN2O5/c12-7-2-1-3-8(4-7)13-11(19)14(5-9(15)16)6-10(17)18/h1-4H,5-6H2,(H,13,19)(H,15,16)(H,17,18). The first kappa shape index (κ1) is 15.2. The summed E-state index contributed by atoms with van der Waals surface area (Å²) in [5.74, 6) is -2.56. The molecule has 0 spiro atoms. The number of carboxylic acid groups (broad SMARTS) is 2. The lowest BCUT2D eigenvalue weighted by Gasteiger charge is -2.19. The largest absolute Gasteiger partial charge is 0.480 e. The normalized spacial score (nSPS) is 9.74. The second kappa shape index (κ2) is 6.92. The Morgan fingerprint density at radius 3 is 2.21 bits per heavy atom. The molecule has 7 nitrogen and oxygen atoms in total. The zero-order valence-corrected chi connectivity index (χ0v) is 11.8. The molecule has 0 heterocycles. The van der Waals surface area contributed by atoms with Gasteiger partial charge in [0.05, 0.1) is 0 Å². The van der Waals surface area contributed by atoms with E-state index in [2.05, 4.69) is 27.9 Å². The van der Waals surface area contributed by atoms with Crippen LogP contribution in [0.5, 0.6) is 0 Å². The first-order valence-electron chi connectivity index (χ1n) is 5.13. The highest BCUT2D eigenvalue weighted by Gasteiger charge is 2.19. The summed E-state index contributed by atoms with van der Waals surface area (Å²) in [5.41, 5.74) is 0.470. The number of benzene rings is 1. The maximum atomic E-state index is 11.8. The van der Waals surface area contributed by atoms with Gasteiger partial charge in [0.2, 0.25) is 0 Å². The van der Waals surface area contributed by atoms with Crippen molar-refractivity contribution in [2.24, 2.45) is 0 Å². The second-order valence-corrected chi connectivity index (χ2v) is 4.83. The Bertz CT molecular complexity index is 490. The molecule has 0 aliphatic rings. The number of nitrogens with one attached hydrogen (secondary N) is 1. The van der Waals surface area contributed by atoms with Gasteiger partial charge >= 0.3 is 18.0 Å². The first-order chi connectivity index (χ1) is 8.88. The van der Waals surface area contributed by atoms with E-state index in [9.17, 15) is 14.4 Å². The minimum atomic E-state index is -1.28. The highest BCUT2D eigenvalue weighted by Crippen LogP contribution is 2.12. The van der Waals surface area contributed by atoms with Crippen LogP contribution in [0.15, 0.2) is 24.3 Å². The first-order valence-corrected chi connectivity index (χ1v) is 6.21. The predicted molar refractivity (Wildman–Crippen MR) is 75.0 cm³/mol. The number of carboxylic acids is 2. The number of amides is 2. The topological polar surface area (TPSA) is 107 Å². The lowest BCUT2D eigenvalue weighted by atomic mass is 10.3. The van der Waals surface area contributed by atoms with Crippen LogP contribution in [0.2, 0.25) is 0 Å². The molecule has 0 unspecified atom stereocenters. The number of rotatable bonds is 5. The zero-order valence-electron chi connectivity index (χ0n) is 9.67. The summed E-state index contributed by atoms with van der Waals surface area (Å²) in [6.45, 7) is -1.36. The second-order valence-electron chi connectivity index (χ2n) is 3.58. The summed E-state index contributed by atoms with van der Waals surface area (Å²) in [6, 6.07) is 6.07. The van der Waals surface area contributed by atoms with Gasteiger partial charge in [-0.2, -0.15) is 0 Å². The van der Waals surface area contributed by atoms with Gasteiger partial charge in [-0.05, 0) is 40.8 Å². The van der Waals surface area contributed by atoms with Crippen LogP contribution >= 0.6 is 22.6 Å². The van der Waals surface area contributed by atoms with E-state index in [1.807, 2.05) is 6.07 Å². The van der Waals surface area contributed by atoms with E-state index >= 15 is 0 Å². The summed E-state index contributed by atoms with van der Waals surface area (Å²) >= 11 is 2.06. The fourth-order valence-corrected chi connectivity index (χ4v) is 1.84. The third-order valence-electron chi connectivity index (χ3n) is 2.02. The molecule has 19 heavy (non-hydrogen) atoms. The number of urea groups is 1. The van der Waals surface area contributed by atoms with Crippen LogP contribution in [0.3, 0.4) is 0 Å². The Morgan fingerprint density at radius 1 is 1.16 bits per heavy atom. The number of hydrogen-bond donors (Lipinski definition) is 3. The maximum Gasteiger partial charge on any atom is 0.323 e. The smallest absolute Gasteiger partial charge is 0.323 e. The third kappa shape index (κ3) is 5.55. The van der Waals surface area contributed by atoms with Gasteiger partial charge < -0.3 is 20.4 Å². The third-order valence-corrected chi connectivity index (χ3v) is 2.69. The molecule has 2 amide bonds. The molecule has 0 saturated carbocycles. The minimum absolute atomic E-state index is 0.470. The van der Waals surface area contributed by atoms with Gasteiger partial charge in [0.1, 0.15) is 13.1 Å². The summed E-state index contributed by atoms with van der Waals surface area (Å²) < 4.78 is 0.887. The van der Waals surface area contributed by atoms with E-state index in [1.54, 1.807) is 18.2 Å². The molecule has 0 saturated heterocycles. The van der Waals surface area contributed by atoms with Crippen LogP contribution in [0.25, 0.3) is 0 Å². The SMILES string of the molecule is O=C(O)CN(CC(=O)O)C(=O)Nc1cccc(I)c1. The van der Waals surface area contributed by atoms with Crippen LogP contribution in [0, 0.1) is 3.57 Å². The molecule has 0 bridgehead atoms. The van der Waals surface area contributed by atoms with Gasteiger partial charge in [0.15, 0.2) is 0 Å². The molecule has 0 radical (unpaired) electrons. The molecule has 1 aromatic carbocycles. The maximum absolute atomic E-state index is 11.8. The minimum Gasteiger partial charge on any atom is -0.480 e. The van der Waals surface area contributed by atoms with Crippen molar-refractivity contribution in [3.05, 3.63) is 27.8 Å². The molecule has 0 fully saturated rings. The van der Waals surface area contributed by atoms with Crippen molar-refractivity contribution in [3.63, 3.8) is 0 Å². The Morgan fingerprint density at radius 2 is 1.74 bits per heavy atom. The summed E-state index contributed by atoms with van der Waals surface area (Å²) in [7, 11) is 0. The predicted octanol–water partition coefficient (Wildman–Crippen LogP) is 1.29. The van der Waals surface area contributed by atoms with Crippen molar-refractivity contribution >= 4 is 46.2 Å². The Kier molecular flexibility index (Phi) is 5.55. The number of carbonyl (C=O) groups is 3. The molecular weight excluding hydrogens is 367 g/mol. The van der Waals surface area contributed by atoms with Crippen molar-refractivity contribution in [2.75, 3.05) is 18.4 Å². The number of halogens is 1. The van der Waals surface area contributed by atoms with E-state index in [4.69, 9.17) is 10.2 Å². The molecule has 1 rings (SSSR count). The molecular formula is C11H11IN2O5. The van der Waals surface area contributed by atoms with Crippen LogP contribution in [0.1, 0.15) is 0 Å². The van der Waals surface area contributed by atoms with Gasteiger partial charge in [-0.1, -0.05) is 6.07 Å². The highest BCUT2D eigenvalue weighted by molar-refractivity contribution is 14.1. The van der Waals surface area contributed by atoms with Crippen LogP contribution < -0.4 is 5.32 Å². The molecule has 8 heteroatoms. The molecule has 0 aliphatic carbocycles. The van der Waals surface area contributed by atoms with Gasteiger partial charge in [0, 0.05) is 9.26 Å². The van der Waals surface area contributed by atoms with Gasteiger partial charge in [-0.15, -0.1) is 0 Å². The van der Waals surface area contributed by atoms with Crippen LogP contribution in [0.4, 0.5) is 10.5 Å². The number of carbonyl (C=O) groups excluding carboxylic acids is 1. The Balaban J connectivity index is 2.76. The van der Waals surface area contributed by atoms with Crippen LogP contribution in [-0.4, -0.2) is 46.2 Å². The molecule has 102 valence electrons. The monoisotopic (exact) mass is 378 g/mol. The van der Waals surface area contributed by atoms with E-state index in [-0.39, 0.29) is 0 Å². The van der Waals surface area contributed by atoms with Crippen molar-refractivity contribution in [1.29, 1.82) is 0 Å². The van der Waals surface area contributed by atoms with E-state index in [0.717, 1.165) is 3.57 Å². The lowest BCUT2D eigenvalue weighted by molar-refractivity contribution is -0.140. The Labute approximate surface area is 122 Å². The number of hydrogen-bond acceptors (Lipinski definition) is 3. The number of anilines is 1. The fourth-order valence-electron chi connectivity index (χ4n) is 1.29. The average molecular weight is 378 g/mol. The van der Waals surface area contributed by atoms with Crippen molar-refractivity contribution in [1.82, 2.24) is 4.90 Å².